The molecule has 0 aliphatic carbocycles. The molecule has 0 unspecified atom stereocenters. The number of amides is 1. The molecule has 3 aliphatic rings. The van der Waals surface area contributed by atoms with Crippen LogP contribution >= 0.6 is 23.1 Å². The topological polar surface area (TPSA) is 53.5 Å². The van der Waals surface area contributed by atoms with Gasteiger partial charge < -0.3 is 4.90 Å². The Morgan fingerprint density at radius 3 is 2.36 bits per heavy atom. The second-order valence-electron chi connectivity index (χ2n) is 8.80. The lowest BCUT2D eigenvalue weighted by molar-refractivity contribution is 0.0327. The van der Waals surface area contributed by atoms with Gasteiger partial charge in [0, 0.05) is 34.5 Å². The fraction of sp³-hybridized carbons (Fsp3) is 0.346. The maximum Gasteiger partial charge on any atom is 0.258 e. The normalized spacial score (nSPS) is 23.9. The monoisotopic (exact) mass is 477 g/mol. The van der Waals surface area contributed by atoms with Crippen molar-refractivity contribution in [3.8, 4) is 0 Å². The van der Waals surface area contributed by atoms with Crippen molar-refractivity contribution in [1.82, 2.24) is 9.88 Å². The van der Waals surface area contributed by atoms with E-state index >= 15 is 0 Å². The van der Waals surface area contributed by atoms with E-state index in [-0.39, 0.29) is 17.7 Å². The summed E-state index contributed by atoms with van der Waals surface area (Å²) in [5.41, 5.74) is 2.15. The summed E-state index contributed by atoms with van der Waals surface area (Å²) in [5.74, 6) is 0.558. The van der Waals surface area contributed by atoms with Crippen molar-refractivity contribution in [2.24, 2.45) is 5.92 Å². The fourth-order valence-electron chi connectivity index (χ4n) is 5.09. The Kier molecular flexibility index (Phi) is 6.36. The van der Waals surface area contributed by atoms with Crippen LogP contribution in [0.3, 0.4) is 0 Å². The molecule has 0 spiro atoms. The van der Waals surface area contributed by atoms with E-state index in [1.54, 1.807) is 5.38 Å². The molecule has 1 aromatic heterocycles. The van der Waals surface area contributed by atoms with Crippen molar-refractivity contribution < 1.29 is 9.59 Å². The first-order valence-corrected chi connectivity index (χ1v) is 13.1. The van der Waals surface area contributed by atoms with Gasteiger partial charge in [-0.25, -0.2) is 4.98 Å². The number of carbonyl (C=O) groups is 2. The molecule has 1 amide bonds. The van der Waals surface area contributed by atoms with Gasteiger partial charge >= 0.3 is 0 Å². The van der Waals surface area contributed by atoms with Gasteiger partial charge in [0.05, 0.1) is 6.04 Å². The van der Waals surface area contributed by atoms with E-state index in [4.69, 9.17) is 0 Å². The number of thiazole rings is 1. The number of benzene rings is 2. The Morgan fingerprint density at radius 1 is 1.06 bits per heavy atom. The molecule has 33 heavy (non-hydrogen) atoms. The molecule has 2 atom stereocenters. The first-order valence-electron chi connectivity index (χ1n) is 11.4. The van der Waals surface area contributed by atoms with Crippen molar-refractivity contribution in [2.45, 2.75) is 48.0 Å². The molecule has 170 valence electrons. The number of carbonyl (C=O) groups excluding carboxylic acids is 2. The molecule has 3 fully saturated rings. The quantitative estimate of drug-likeness (QED) is 0.431. The largest absolute Gasteiger partial charge is 0.303 e. The lowest BCUT2D eigenvalue weighted by Crippen LogP contribution is -2.63. The smallest absolute Gasteiger partial charge is 0.258 e. The first kappa shape index (κ1) is 22.3. The molecule has 0 radical (unpaired) electrons. The highest BCUT2D eigenvalue weighted by Crippen LogP contribution is 2.38. The van der Waals surface area contributed by atoms with Crippen molar-refractivity contribution in [3.63, 3.8) is 0 Å². The standard InChI is InChI=1S/C26H27N3O2S2/c1-17-24(19-12-14-28(17)15-13-19)29(21-6-4-3-5-7-21)25(31)20-8-10-22(11-9-20)33-26-27-23(16-32-26)18(2)30/h3-11,16-17,19,24H,12-15H2,1-2H3/t17-,24-/m0/s1. The molecule has 3 aromatic rings. The van der Waals surface area contributed by atoms with Crippen LogP contribution in [0.25, 0.3) is 0 Å². The third-order valence-corrected chi connectivity index (χ3v) is 8.78. The predicted molar refractivity (Wildman–Crippen MR) is 133 cm³/mol. The van der Waals surface area contributed by atoms with Gasteiger partial charge in [-0.05, 0) is 75.2 Å². The second-order valence-corrected chi connectivity index (χ2v) is 11.0. The summed E-state index contributed by atoms with van der Waals surface area (Å²) in [6.45, 7) is 6.06. The summed E-state index contributed by atoms with van der Waals surface area (Å²) in [7, 11) is 0. The zero-order valence-electron chi connectivity index (χ0n) is 18.8. The number of anilines is 1. The Balaban J connectivity index is 1.40. The third kappa shape index (κ3) is 4.50. The number of Topliss-reactive ketones (excluding diaryl/α,β-unsaturated/α-hetero) is 1. The van der Waals surface area contributed by atoms with Gasteiger partial charge in [-0.15, -0.1) is 11.3 Å². The van der Waals surface area contributed by atoms with Crippen molar-refractivity contribution in [3.05, 3.63) is 71.2 Å². The van der Waals surface area contributed by atoms with E-state index < -0.39 is 0 Å². The van der Waals surface area contributed by atoms with Gasteiger partial charge in [0.2, 0.25) is 0 Å². The highest BCUT2D eigenvalue weighted by atomic mass is 32.2. The van der Waals surface area contributed by atoms with Crippen LogP contribution < -0.4 is 4.90 Å². The van der Waals surface area contributed by atoms with Crippen molar-refractivity contribution in [1.29, 1.82) is 0 Å². The van der Waals surface area contributed by atoms with Gasteiger partial charge in [0.1, 0.15) is 5.69 Å². The minimum atomic E-state index is -0.0259. The van der Waals surface area contributed by atoms with Crippen LogP contribution in [0.1, 0.15) is 47.5 Å². The molecule has 5 nitrogen and oxygen atoms in total. The van der Waals surface area contributed by atoms with Crippen LogP contribution in [-0.2, 0) is 0 Å². The number of aromatic nitrogens is 1. The molecule has 2 aromatic carbocycles. The molecule has 0 N–H and O–H groups in total. The van der Waals surface area contributed by atoms with Crippen LogP contribution in [0.4, 0.5) is 5.69 Å². The van der Waals surface area contributed by atoms with Crippen molar-refractivity contribution >= 4 is 40.5 Å². The Bertz CT molecular complexity index is 1140. The van der Waals surface area contributed by atoms with Crippen LogP contribution in [0.5, 0.6) is 0 Å². The molecule has 6 rings (SSSR count). The molecule has 3 aliphatic heterocycles. The first-order chi connectivity index (χ1) is 16.0. The summed E-state index contributed by atoms with van der Waals surface area (Å²) in [6.07, 6.45) is 2.30. The highest BCUT2D eigenvalue weighted by Gasteiger charge is 2.44. The minimum absolute atomic E-state index is 0.0259. The Labute approximate surface area is 202 Å². The van der Waals surface area contributed by atoms with E-state index in [0.29, 0.717) is 23.2 Å². The Morgan fingerprint density at radius 2 is 1.76 bits per heavy atom. The van der Waals surface area contributed by atoms with Crippen LogP contribution in [0.15, 0.2) is 69.2 Å². The van der Waals surface area contributed by atoms with Gasteiger partial charge in [0.25, 0.3) is 5.91 Å². The van der Waals surface area contributed by atoms with E-state index in [9.17, 15) is 9.59 Å². The lowest BCUT2D eigenvalue weighted by atomic mass is 9.78. The van der Waals surface area contributed by atoms with Gasteiger partial charge in [0.15, 0.2) is 10.1 Å². The van der Waals surface area contributed by atoms with E-state index in [0.717, 1.165) is 40.9 Å². The third-order valence-electron chi connectivity index (χ3n) is 6.83. The maximum absolute atomic E-state index is 13.9. The number of para-hydroxylation sites is 1. The molecule has 7 heteroatoms. The average molecular weight is 478 g/mol. The number of piperidine rings is 3. The van der Waals surface area contributed by atoms with E-state index in [1.165, 1.54) is 30.0 Å². The summed E-state index contributed by atoms with van der Waals surface area (Å²) in [5, 5.41) is 1.79. The van der Waals surface area contributed by atoms with Crippen LogP contribution in [0, 0.1) is 5.92 Å². The van der Waals surface area contributed by atoms with E-state index in [2.05, 4.69) is 16.8 Å². The van der Waals surface area contributed by atoms with Crippen LogP contribution in [0.2, 0.25) is 0 Å². The molecule has 3 saturated heterocycles. The zero-order valence-corrected chi connectivity index (χ0v) is 20.4. The van der Waals surface area contributed by atoms with Crippen molar-refractivity contribution in [2.75, 3.05) is 18.0 Å². The SMILES string of the molecule is CC(=O)c1csc(Sc2ccc(C(=O)N(c3ccccc3)[C@@H]3C4CCN(CC4)[C@H]3C)cc2)n1. The summed E-state index contributed by atoms with van der Waals surface area (Å²) < 4.78 is 0.825. The van der Waals surface area contributed by atoms with Gasteiger partial charge in [-0.1, -0.05) is 30.0 Å². The van der Waals surface area contributed by atoms with Gasteiger partial charge in [-0.2, -0.15) is 0 Å². The molecule has 2 bridgehead atoms. The molecular formula is C26H27N3O2S2. The van der Waals surface area contributed by atoms with Gasteiger partial charge in [-0.3, -0.25) is 14.5 Å². The summed E-state index contributed by atoms with van der Waals surface area (Å²) >= 11 is 2.98. The predicted octanol–water partition coefficient (Wildman–Crippen LogP) is 5.63. The maximum atomic E-state index is 13.9. The van der Waals surface area contributed by atoms with E-state index in [1.807, 2.05) is 59.5 Å². The highest BCUT2D eigenvalue weighted by molar-refractivity contribution is 8.01. The number of ketones is 1. The number of rotatable bonds is 6. The molecular weight excluding hydrogens is 450 g/mol. The second kappa shape index (κ2) is 9.41. The fourth-order valence-corrected chi connectivity index (χ4v) is 6.91. The Hall–Kier alpha value is -2.48. The molecule has 0 saturated carbocycles. The lowest BCUT2D eigenvalue weighted by Gasteiger charge is -2.53. The molecule has 4 heterocycles. The number of hydrogen-bond donors (Lipinski definition) is 0. The summed E-state index contributed by atoms with van der Waals surface area (Å²) in [6, 6.07) is 18.4. The average Bonchev–Trinajstić information content (AvgIpc) is 3.31. The number of fused-ring (bicyclic) bond motifs is 3. The summed E-state index contributed by atoms with van der Waals surface area (Å²) in [4.78, 5) is 35.3. The number of nitrogens with zero attached hydrogens (tertiary/aromatic N) is 3. The minimum Gasteiger partial charge on any atom is -0.303 e. The zero-order chi connectivity index (χ0) is 22.9. The number of hydrogen-bond acceptors (Lipinski definition) is 6. The van der Waals surface area contributed by atoms with Crippen LogP contribution in [-0.4, -0.2) is 46.7 Å².